The summed E-state index contributed by atoms with van der Waals surface area (Å²) in [6.45, 7) is 5.38. The molecular formula is C20H29N3O3. The van der Waals surface area contributed by atoms with Crippen LogP contribution in [0.5, 0.6) is 5.75 Å². The summed E-state index contributed by atoms with van der Waals surface area (Å²) in [5.41, 5.74) is 2.45. The van der Waals surface area contributed by atoms with Crippen molar-refractivity contribution in [3.8, 4) is 5.75 Å². The van der Waals surface area contributed by atoms with Gasteiger partial charge in [0.15, 0.2) is 0 Å². The van der Waals surface area contributed by atoms with Crippen LogP contribution in [-0.4, -0.2) is 68.4 Å². The molecule has 26 heavy (non-hydrogen) atoms. The molecule has 1 N–H and O–H groups in total. The third-order valence-corrected chi connectivity index (χ3v) is 5.96. The minimum absolute atomic E-state index is 0.0847. The van der Waals surface area contributed by atoms with Crippen LogP contribution in [0.1, 0.15) is 36.4 Å². The Hall–Kier alpha value is -1.79. The number of ether oxygens (including phenoxy) is 2. The average Bonchev–Trinajstić information content (AvgIpc) is 3.30. The fraction of sp³-hybridized carbons (Fsp3) is 0.650. The first-order valence-electron chi connectivity index (χ1n) is 9.79. The quantitative estimate of drug-likeness (QED) is 0.895. The first kappa shape index (κ1) is 17.6. The molecule has 0 radical (unpaired) electrons. The van der Waals surface area contributed by atoms with E-state index in [2.05, 4.69) is 16.3 Å². The zero-order valence-corrected chi connectivity index (χ0v) is 15.6. The van der Waals surface area contributed by atoms with E-state index in [9.17, 15) is 4.79 Å². The number of amides is 2. The number of urea groups is 1. The Morgan fingerprint density at radius 3 is 2.92 bits per heavy atom. The smallest absolute Gasteiger partial charge is 0.318 e. The maximum Gasteiger partial charge on any atom is 0.318 e. The van der Waals surface area contributed by atoms with Crippen molar-refractivity contribution in [3.63, 3.8) is 0 Å². The van der Waals surface area contributed by atoms with Gasteiger partial charge in [-0.3, -0.25) is 4.90 Å². The van der Waals surface area contributed by atoms with Crippen LogP contribution in [0.15, 0.2) is 18.2 Å². The monoisotopic (exact) mass is 359 g/mol. The Kier molecular flexibility index (Phi) is 5.31. The number of morpholine rings is 1. The number of benzene rings is 1. The van der Waals surface area contributed by atoms with Crippen molar-refractivity contribution in [2.45, 2.75) is 37.8 Å². The maximum atomic E-state index is 13.0. The number of methoxy groups -OCH3 is 1. The molecule has 0 aromatic heterocycles. The molecule has 1 aromatic rings. The second-order valence-electron chi connectivity index (χ2n) is 7.47. The Bertz CT molecular complexity index is 645. The normalized spacial score (nSPS) is 26.0. The average molecular weight is 359 g/mol. The van der Waals surface area contributed by atoms with Crippen molar-refractivity contribution in [1.29, 1.82) is 0 Å². The third-order valence-electron chi connectivity index (χ3n) is 5.96. The van der Waals surface area contributed by atoms with Crippen molar-refractivity contribution >= 4 is 6.03 Å². The Morgan fingerprint density at radius 1 is 1.27 bits per heavy atom. The number of likely N-dealkylation sites (tertiary alicyclic amines) is 1. The lowest BCUT2D eigenvalue weighted by molar-refractivity contribution is 0.0291. The molecule has 4 rings (SSSR count). The summed E-state index contributed by atoms with van der Waals surface area (Å²) in [6, 6.07) is 6.63. The Labute approximate surface area is 155 Å². The molecule has 0 saturated carbocycles. The molecular weight excluding hydrogens is 330 g/mol. The number of hydrogen-bond donors (Lipinski definition) is 1. The Morgan fingerprint density at radius 2 is 2.12 bits per heavy atom. The van der Waals surface area contributed by atoms with Gasteiger partial charge in [-0.1, -0.05) is 12.1 Å². The highest BCUT2D eigenvalue weighted by Gasteiger charge is 2.33. The summed E-state index contributed by atoms with van der Waals surface area (Å²) in [6.07, 6.45) is 4.10. The fourth-order valence-electron chi connectivity index (χ4n) is 4.57. The van der Waals surface area contributed by atoms with E-state index < -0.39 is 0 Å². The van der Waals surface area contributed by atoms with Crippen LogP contribution < -0.4 is 10.1 Å². The number of carbonyl (C=O) groups is 1. The van der Waals surface area contributed by atoms with Crippen molar-refractivity contribution < 1.29 is 14.3 Å². The molecule has 2 fully saturated rings. The van der Waals surface area contributed by atoms with Crippen LogP contribution in [0.4, 0.5) is 4.79 Å². The largest absolute Gasteiger partial charge is 0.496 e. The van der Waals surface area contributed by atoms with Gasteiger partial charge in [0.25, 0.3) is 0 Å². The van der Waals surface area contributed by atoms with E-state index in [0.717, 1.165) is 70.8 Å². The highest BCUT2D eigenvalue weighted by atomic mass is 16.5. The highest BCUT2D eigenvalue weighted by Crippen LogP contribution is 2.37. The van der Waals surface area contributed by atoms with Crippen molar-refractivity contribution in [3.05, 3.63) is 29.3 Å². The lowest BCUT2D eigenvalue weighted by Gasteiger charge is -2.33. The van der Waals surface area contributed by atoms with Gasteiger partial charge in [0.2, 0.25) is 0 Å². The van der Waals surface area contributed by atoms with Crippen LogP contribution >= 0.6 is 0 Å². The molecule has 2 amide bonds. The molecule has 3 aliphatic rings. The molecule has 1 aromatic carbocycles. The molecule has 0 bridgehead atoms. The number of nitrogens with one attached hydrogen (secondary N) is 1. The van der Waals surface area contributed by atoms with E-state index in [4.69, 9.17) is 9.47 Å². The van der Waals surface area contributed by atoms with Gasteiger partial charge in [-0.25, -0.2) is 4.79 Å². The standard InChI is InChI=1S/C20H29N3O3/c1-25-19-6-2-5-16-17(19)7-8-18(16)21-20(24)23-9-3-4-15(23)14-22-10-12-26-13-11-22/h2,5-6,15,18H,3-4,7-14H2,1H3,(H,21,24). The van der Waals surface area contributed by atoms with Gasteiger partial charge in [-0.05, 0) is 42.9 Å². The van der Waals surface area contributed by atoms with E-state index in [0.29, 0.717) is 6.04 Å². The van der Waals surface area contributed by atoms with Gasteiger partial charge < -0.3 is 19.7 Å². The van der Waals surface area contributed by atoms with Crippen LogP contribution in [0.25, 0.3) is 0 Å². The highest BCUT2D eigenvalue weighted by molar-refractivity contribution is 5.75. The Balaban J connectivity index is 1.39. The zero-order valence-electron chi connectivity index (χ0n) is 15.6. The minimum atomic E-state index is 0.0847. The van der Waals surface area contributed by atoms with E-state index >= 15 is 0 Å². The maximum absolute atomic E-state index is 13.0. The number of nitrogens with zero attached hydrogens (tertiary/aromatic N) is 2. The minimum Gasteiger partial charge on any atom is -0.496 e. The van der Waals surface area contributed by atoms with Gasteiger partial charge in [-0.2, -0.15) is 0 Å². The number of hydrogen-bond acceptors (Lipinski definition) is 4. The second-order valence-corrected chi connectivity index (χ2v) is 7.47. The summed E-state index contributed by atoms with van der Waals surface area (Å²) in [4.78, 5) is 17.4. The van der Waals surface area contributed by atoms with Crippen molar-refractivity contribution in [1.82, 2.24) is 15.1 Å². The molecule has 1 aliphatic carbocycles. The van der Waals surface area contributed by atoms with Crippen LogP contribution in [-0.2, 0) is 11.2 Å². The fourth-order valence-corrected chi connectivity index (χ4v) is 4.57. The SMILES string of the molecule is COc1cccc2c1CCC2NC(=O)N1CCCC1CN1CCOCC1. The topological polar surface area (TPSA) is 54.0 Å². The van der Waals surface area contributed by atoms with Crippen molar-refractivity contribution in [2.24, 2.45) is 0 Å². The first-order valence-corrected chi connectivity index (χ1v) is 9.79. The lowest BCUT2D eigenvalue weighted by Crippen LogP contribution is -2.49. The molecule has 6 nitrogen and oxygen atoms in total. The summed E-state index contributed by atoms with van der Waals surface area (Å²) >= 11 is 0. The molecule has 2 atom stereocenters. The molecule has 2 saturated heterocycles. The zero-order chi connectivity index (χ0) is 17.9. The van der Waals surface area contributed by atoms with E-state index in [-0.39, 0.29) is 12.1 Å². The van der Waals surface area contributed by atoms with Gasteiger partial charge in [-0.15, -0.1) is 0 Å². The lowest BCUT2D eigenvalue weighted by atomic mass is 10.1. The molecule has 142 valence electrons. The van der Waals surface area contributed by atoms with E-state index in [1.807, 2.05) is 17.0 Å². The predicted molar refractivity (Wildman–Crippen MR) is 99.6 cm³/mol. The van der Waals surface area contributed by atoms with E-state index in [1.165, 1.54) is 11.1 Å². The van der Waals surface area contributed by atoms with E-state index in [1.54, 1.807) is 7.11 Å². The second kappa shape index (κ2) is 7.84. The molecule has 0 spiro atoms. The number of carbonyl (C=O) groups excluding carboxylic acids is 1. The summed E-state index contributed by atoms with van der Waals surface area (Å²) in [5, 5.41) is 3.28. The number of rotatable bonds is 4. The molecule has 2 aliphatic heterocycles. The van der Waals surface area contributed by atoms with Gasteiger partial charge in [0, 0.05) is 32.2 Å². The van der Waals surface area contributed by atoms with Crippen LogP contribution in [0.3, 0.4) is 0 Å². The van der Waals surface area contributed by atoms with Crippen LogP contribution in [0.2, 0.25) is 0 Å². The molecule has 6 heteroatoms. The van der Waals surface area contributed by atoms with Crippen LogP contribution in [0, 0.1) is 0 Å². The summed E-state index contributed by atoms with van der Waals surface area (Å²) in [5.74, 6) is 0.936. The summed E-state index contributed by atoms with van der Waals surface area (Å²) in [7, 11) is 1.71. The van der Waals surface area contributed by atoms with Gasteiger partial charge in [0.1, 0.15) is 5.75 Å². The van der Waals surface area contributed by atoms with Gasteiger partial charge >= 0.3 is 6.03 Å². The molecule has 2 heterocycles. The first-order chi connectivity index (χ1) is 12.8. The number of fused-ring (bicyclic) bond motifs is 1. The molecule has 2 unspecified atom stereocenters. The van der Waals surface area contributed by atoms with Gasteiger partial charge in [0.05, 0.1) is 26.4 Å². The summed E-state index contributed by atoms with van der Waals surface area (Å²) < 4.78 is 10.9. The van der Waals surface area contributed by atoms with Crippen molar-refractivity contribution in [2.75, 3.05) is 46.5 Å². The third kappa shape index (κ3) is 3.53. The predicted octanol–water partition coefficient (Wildman–Crippen LogP) is 2.19.